The Kier molecular flexibility index (Phi) is 3.99. The van der Waals surface area contributed by atoms with Gasteiger partial charge in [0.1, 0.15) is 0 Å². The molecule has 1 aliphatic carbocycles. The molecule has 18 heavy (non-hydrogen) atoms. The van der Waals surface area contributed by atoms with Gasteiger partial charge in [0.15, 0.2) is 0 Å². The van der Waals surface area contributed by atoms with Crippen LogP contribution in [0.4, 0.5) is 0 Å². The third-order valence-corrected chi connectivity index (χ3v) is 3.25. The molecular formula is C15H18N2O. The van der Waals surface area contributed by atoms with E-state index >= 15 is 0 Å². The Labute approximate surface area is 108 Å². The van der Waals surface area contributed by atoms with Gasteiger partial charge in [-0.15, -0.1) is 6.42 Å². The van der Waals surface area contributed by atoms with Crippen molar-refractivity contribution in [2.75, 3.05) is 13.1 Å². The van der Waals surface area contributed by atoms with E-state index in [1.165, 1.54) is 12.8 Å². The van der Waals surface area contributed by atoms with E-state index in [9.17, 15) is 4.79 Å². The van der Waals surface area contributed by atoms with Crippen molar-refractivity contribution in [2.45, 2.75) is 26.2 Å². The number of pyridine rings is 1. The summed E-state index contributed by atoms with van der Waals surface area (Å²) in [5.74, 6) is 3.31. The summed E-state index contributed by atoms with van der Waals surface area (Å²) < 4.78 is 0. The van der Waals surface area contributed by atoms with Crippen LogP contribution in [-0.2, 0) is 11.2 Å². The zero-order valence-electron chi connectivity index (χ0n) is 10.7. The first-order valence-corrected chi connectivity index (χ1v) is 6.32. The maximum absolute atomic E-state index is 12.2. The second-order valence-corrected chi connectivity index (χ2v) is 4.87. The average Bonchev–Trinajstić information content (AvgIpc) is 3.15. The lowest BCUT2D eigenvalue weighted by Crippen LogP contribution is -2.34. The molecule has 0 radical (unpaired) electrons. The maximum Gasteiger partial charge on any atom is 0.229 e. The molecular weight excluding hydrogens is 224 g/mol. The Hall–Kier alpha value is -1.82. The lowest BCUT2D eigenvalue weighted by Gasteiger charge is -2.20. The third kappa shape index (κ3) is 3.33. The van der Waals surface area contributed by atoms with Crippen molar-refractivity contribution in [1.82, 2.24) is 9.88 Å². The highest BCUT2D eigenvalue weighted by atomic mass is 16.2. The molecule has 1 aromatic rings. The van der Waals surface area contributed by atoms with Gasteiger partial charge in [-0.05, 0) is 37.3 Å². The summed E-state index contributed by atoms with van der Waals surface area (Å²) >= 11 is 0. The molecule has 1 heterocycles. The molecule has 1 aliphatic rings. The van der Waals surface area contributed by atoms with E-state index in [2.05, 4.69) is 10.9 Å². The van der Waals surface area contributed by atoms with Crippen LogP contribution < -0.4 is 0 Å². The summed E-state index contributed by atoms with van der Waals surface area (Å²) in [4.78, 5) is 18.2. The number of amides is 1. The molecule has 0 aliphatic heterocycles. The minimum absolute atomic E-state index is 0.0849. The van der Waals surface area contributed by atoms with Crippen LogP contribution in [0.3, 0.4) is 0 Å². The topological polar surface area (TPSA) is 33.2 Å². The minimum atomic E-state index is 0.0849. The fourth-order valence-electron chi connectivity index (χ4n) is 1.94. The molecule has 1 saturated carbocycles. The molecule has 94 valence electrons. The standard InChI is InChI=1S/C15H18N2O/c1-3-9-17(11-13-6-7-13)15(18)10-14-12(2)5-4-8-16-14/h1,4-5,8,13H,6-7,9-11H2,2H3. The van der Waals surface area contributed by atoms with Crippen molar-refractivity contribution in [2.24, 2.45) is 5.92 Å². The van der Waals surface area contributed by atoms with Crippen LogP contribution in [-0.4, -0.2) is 28.9 Å². The SMILES string of the molecule is C#CCN(CC1CC1)C(=O)Cc1ncccc1C. The molecule has 0 aromatic carbocycles. The number of aromatic nitrogens is 1. The first-order chi connectivity index (χ1) is 8.70. The second kappa shape index (κ2) is 5.68. The van der Waals surface area contributed by atoms with Gasteiger partial charge in [-0.3, -0.25) is 9.78 Å². The lowest BCUT2D eigenvalue weighted by atomic mass is 10.1. The molecule has 2 rings (SSSR count). The molecule has 0 unspecified atom stereocenters. The van der Waals surface area contributed by atoms with Crippen LogP contribution in [0.5, 0.6) is 0 Å². The summed E-state index contributed by atoms with van der Waals surface area (Å²) in [5, 5.41) is 0. The second-order valence-electron chi connectivity index (χ2n) is 4.87. The van der Waals surface area contributed by atoms with Crippen LogP contribution in [0.1, 0.15) is 24.1 Å². The van der Waals surface area contributed by atoms with Crippen LogP contribution >= 0.6 is 0 Å². The molecule has 0 bridgehead atoms. The Morgan fingerprint density at radius 2 is 2.39 bits per heavy atom. The quantitative estimate of drug-likeness (QED) is 0.738. The molecule has 1 fully saturated rings. The smallest absolute Gasteiger partial charge is 0.229 e. The van der Waals surface area contributed by atoms with E-state index in [-0.39, 0.29) is 5.91 Å². The number of nitrogens with zero attached hydrogens (tertiary/aromatic N) is 2. The largest absolute Gasteiger partial charge is 0.331 e. The monoisotopic (exact) mass is 242 g/mol. The Balaban J connectivity index is 2.00. The predicted octanol–water partition coefficient (Wildman–Crippen LogP) is 1.80. The molecule has 0 spiro atoms. The van der Waals surface area contributed by atoms with Crippen molar-refractivity contribution in [3.8, 4) is 12.3 Å². The van der Waals surface area contributed by atoms with Crippen molar-refractivity contribution in [1.29, 1.82) is 0 Å². The van der Waals surface area contributed by atoms with Crippen LogP contribution in [0.25, 0.3) is 0 Å². The molecule has 0 N–H and O–H groups in total. The van der Waals surface area contributed by atoms with E-state index in [1.807, 2.05) is 19.1 Å². The molecule has 1 aromatic heterocycles. The Bertz CT molecular complexity index is 472. The summed E-state index contributed by atoms with van der Waals surface area (Å²) in [6.07, 6.45) is 9.84. The molecule has 0 atom stereocenters. The molecule has 3 nitrogen and oxygen atoms in total. The van der Waals surface area contributed by atoms with Gasteiger partial charge in [-0.2, -0.15) is 0 Å². The normalized spacial score (nSPS) is 14.0. The third-order valence-electron chi connectivity index (χ3n) is 3.25. The van der Waals surface area contributed by atoms with Gasteiger partial charge >= 0.3 is 0 Å². The maximum atomic E-state index is 12.2. The average molecular weight is 242 g/mol. The van der Waals surface area contributed by atoms with E-state index in [0.717, 1.165) is 17.8 Å². The van der Waals surface area contributed by atoms with Crippen LogP contribution in [0.2, 0.25) is 0 Å². The number of hydrogen-bond acceptors (Lipinski definition) is 2. The van der Waals surface area contributed by atoms with E-state index in [1.54, 1.807) is 11.1 Å². The number of carbonyl (C=O) groups excluding carboxylic acids is 1. The van der Waals surface area contributed by atoms with Crippen molar-refractivity contribution in [3.63, 3.8) is 0 Å². The van der Waals surface area contributed by atoms with Crippen molar-refractivity contribution >= 4 is 5.91 Å². The highest BCUT2D eigenvalue weighted by Gasteiger charge is 2.26. The number of aryl methyl sites for hydroxylation is 1. The predicted molar refractivity (Wildman–Crippen MR) is 70.8 cm³/mol. The van der Waals surface area contributed by atoms with Gasteiger partial charge in [-0.1, -0.05) is 12.0 Å². The highest BCUT2D eigenvalue weighted by Crippen LogP contribution is 2.29. The zero-order chi connectivity index (χ0) is 13.0. The summed E-state index contributed by atoms with van der Waals surface area (Å²) in [7, 11) is 0. The number of terminal acetylenes is 1. The van der Waals surface area contributed by atoms with Gasteiger partial charge in [0, 0.05) is 12.7 Å². The molecule has 1 amide bonds. The zero-order valence-corrected chi connectivity index (χ0v) is 10.7. The van der Waals surface area contributed by atoms with Crippen LogP contribution in [0.15, 0.2) is 18.3 Å². The molecule has 3 heteroatoms. The van der Waals surface area contributed by atoms with E-state index < -0.39 is 0 Å². The van der Waals surface area contributed by atoms with Crippen molar-refractivity contribution < 1.29 is 4.79 Å². The fraction of sp³-hybridized carbons (Fsp3) is 0.467. The number of rotatable bonds is 5. The number of hydrogen-bond donors (Lipinski definition) is 0. The number of carbonyl (C=O) groups is 1. The van der Waals surface area contributed by atoms with Gasteiger partial charge in [-0.25, -0.2) is 0 Å². The van der Waals surface area contributed by atoms with Crippen molar-refractivity contribution in [3.05, 3.63) is 29.6 Å². The van der Waals surface area contributed by atoms with Crippen LogP contribution in [0, 0.1) is 25.2 Å². The highest BCUT2D eigenvalue weighted by molar-refractivity contribution is 5.79. The minimum Gasteiger partial charge on any atom is -0.331 e. The van der Waals surface area contributed by atoms with Gasteiger partial charge < -0.3 is 4.90 Å². The van der Waals surface area contributed by atoms with E-state index in [0.29, 0.717) is 18.9 Å². The Morgan fingerprint density at radius 1 is 1.61 bits per heavy atom. The van der Waals surface area contributed by atoms with Gasteiger partial charge in [0.05, 0.1) is 18.7 Å². The summed E-state index contributed by atoms with van der Waals surface area (Å²) in [5.41, 5.74) is 1.90. The van der Waals surface area contributed by atoms with E-state index in [4.69, 9.17) is 6.42 Å². The molecule has 0 saturated heterocycles. The van der Waals surface area contributed by atoms with Gasteiger partial charge in [0.2, 0.25) is 5.91 Å². The Morgan fingerprint density at radius 3 is 3.00 bits per heavy atom. The fourth-order valence-corrected chi connectivity index (χ4v) is 1.94. The lowest BCUT2D eigenvalue weighted by molar-refractivity contribution is -0.130. The van der Waals surface area contributed by atoms with Gasteiger partial charge in [0.25, 0.3) is 0 Å². The first-order valence-electron chi connectivity index (χ1n) is 6.32. The summed E-state index contributed by atoms with van der Waals surface area (Å²) in [6.45, 7) is 3.18. The first kappa shape index (κ1) is 12.6. The summed E-state index contributed by atoms with van der Waals surface area (Å²) in [6, 6.07) is 3.86.